The van der Waals surface area contributed by atoms with Crippen molar-refractivity contribution in [3.63, 3.8) is 0 Å². The normalized spacial score (nSPS) is 12.2. The number of allylic oxidation sites excluding steroid dienone is 1. The standard InChI is InChI=1S/C47H31N3/c1-2-10-36(11-3-1)47-48-42(30-43(49-47)38-29-26-35-13-8-12-34-14-9-17-41(38)46(34)35)33-22-20-31(21-23-33)32-24-27-37(28-25-32)50-44-18-6-4-15-39(44)40-16-5-7-19-45(40)50/h1-11,13-30H,12H2. The Labute approximate surface area is 290 Å². The lowest BCUT2D eigenvalue weighted by Gasteiger charge is -2.16. The average molecular weight is 638 g/mol. The lowest BCUT2D eigenvalue weighted by Crippen LogP contribution is -1.98. The molecule has 0 saturated heterocycles. The third-order valence-electron chi connectivity index (χ3n) is 10.0. The first-order valence-electron chi connectivity index (χ1n) is 17.1. The molecular weight excluding hydrogens is 607 g/mol. The molecule has 0 unspecified atom stereocenters. The van der Waals surface area contributed by atoms with Crippen LogP contribution in [-0.2, 0) is 6.42 Å². The summed E-state index contributed by atoms with van der Waals surface area (Å²) in [5.74, 6) is 0.725. The van der Waals surface area contributed by atoms with E-state index in [1.807, 2.05) is 18.2 Å². The van der Waals surface area contributed by atoms with Crippen LogP contribution in [0.5, 0.6) is 0 Å². The zero-order valence-electron chi connectivity index (χ0n) is 27.3. The molecule has 0 fully saturated rings. The van der Waals surface area contributed by atoms with Crippen LogP contribution in [-0.4, -0.2) is 14.5 Å². The number of rotatable bonds is 5. The maximum Gasteiger partial charge on any atom is 0.160 e. The largest absolute Gasteiger partial charge is 0.309 e. The van der Waals surface area contributed by atoms with Crippen molar-refractivity contribution in [2.24, 2.45) is 0 Å². The highest BCUT2D eigenvalue weighted by atomic mass is 15.0. The van der Waals surface area contributed by atoms with Crippen LogP contribution < -0.4 is 0 Å². The van der Waals surface area contributed by atoms with Crippen molar-refractivity contribution in [3.8, 4) is 50.7 Å². The van der Waals surface area contributed by atoms with Crippen molar-refractivity contribution in [1.82, 2.24) is 14.5 Å². The van der Waals surface area contributed by atoms with E-state index in [1.54, 1.807) is 0 Å². The molecule has 0 spiro atoms. The smallest absolute Gasteiger partial charge is 0.160 e. The Morgan fingerprint density at radius 1 is 0.460 bits per heavy atom. The van der Waals surface area contributed by atoms with Crippen molar-refractivity contribution in [3.05, 3.63) is 181 Å². The number of hydrogen-bond donors (Lipinski definition) is 0. The quantitative estimate of drug-likeness (QED) is 0.188. The number of fused-ring (bicyclic) bond motifs is 3. The van der Waals surface area contributed by atoms with Crippen molar-refractivity contribution < 1.29 is 0 Å². The van der Waals surface area contributed by atoms with Crippen molar-refractivity contribution in [1.29, 1.82) is 0 Å². The summed E-state index contributed by atoms with van der Waals surface area (Å²) < 4.78 is 2.36. The minimum Gasteiger partial charge on any atom is -0.309 e. The summed E-state index contributed by atoms with van der Waals surface area (Å²) in [6.45, 7) is 0. The fraction of sp³-hybridized carbons (Fsp3) is 0.0213. The molecule has 0 bridgehead atoms. The first-order valence-corrected chi connectivity index (χ1v) is 17.1. The Bertz CT molecular complexity index is 2700. The zero-order chi connectivity index (χ0) is 33.0. The highest BCUT2D eigenvalue weighted by molar-refractivity contribution is 6.09. The third-order valence-corrected chi connectivity index (χ3v) is 10.0. The fourth-order valence-electron chi connectivity index (χ4n) is 7.64. The summed E-state index contributed by atoms with van der Waals surface area (Å²) in [6.07, 6.45) is 5.43. The molecule has 1 aliphatic rings. The number of nitrogens with zero attached hydrogens (tertiary/aromatic N) is 3. The van der Waals surface area contributed by atoms with Crippen LogP contribution in [0.2, 0.25) is 0 Å². The maximum absolute atomic E-state index is 5.15. The SMILES string of the molecule is C1=Cc2ccc(-c3cc(-c4ccc(-c5ccc(-n6c7ccccc7c7ccccc76)cc5)cc4)nc(-c4ccccc4)n3)c3cccc(c23)C1. The van der Waals surface area contributed by atoms with Gasteiger partial charge in [0.15, 0.2) is 5.82 Å². The van der Waals surface area contributed by atoms with Gasteiger partial charge in [-0.25, -0.2) is 9.97 Å². The van der Waals surface area contributed by atoms with Gasteiger partial charge in [-0.1, -0.05) is 146 Å². The van der Waals surface area contributed by atoms with E-state index in [4.69, 9.17) is 9.97 Å². The molecule has 10 rings (SSSR count). The van der Waals surface area contributed by atoms with Crippen molar-refractivity contribution in [2.75, 3.05) is 0 Å². The summed E-state index contributed by atoms with van der Waals surface area (Å²) >= 11 is 0. The van der Waals surface area contributed by atoms with Gasteiger partial charge in [-0.05, 0) is 69.8 Å². The van der Waals surface area contributed by atoms with Gasteiger partial charge in [-0.15, -0.1) is 0 Å². The number of hydrogen-bond acceptors (Lipinski definition) is 2. The molecule has 0 aliphatic heterocycles. The van der Waals surface area contributed by atoms with Gasteiger partial charge in [0.2, 0.25) is 0 Å². The topological polar surface area (TPSA) is 30.7 Å². The molecule has 2 aromatic heterocycles. The van der Waals surface area contributed by atoms with Crippen LogP contribution >= 0.6 is 0 Å². The van der Waals surface area contributed by atoms with Gasteiger partial charge in [0.25, 0.3) is 0 Å². The van der Waals surface area contributed by atoms with Crippen molar-refractivity contribution >= 4 is 38.7 Å². The predicted octanol–water partition coefficient (Wildman–Crippen LogP) is 12.0. The van der Waals surface area contributed by atoms with Gasteiger partial charge < -0.3 is 4.57 Å². The molecule has 0 saturated carbocycles. The molecule has 9 aromatic rings. The van der Waals surface area contributed by atoms with E-state index >= 15 is 0 Å². The number of para-hydroxylation sites is 2. The van der Waals surface area contributed by atoms with Gasteiger partial charge in [-0.3, -0.25) is 0 Å². The Balaban J connectivity index is 1.04. The molecule has 1 aliphatic carbocycles. The molecular formula is C47H31N3. The molecule has 2 heterocycles. The lowest BCUT2D eigenvalue weighted by molar-refractivity contribution is 1.18. The molecule has 3 heteroatoms. The van der Waals surface area contributed by atoms with Crippen LogP contribution in [0.4, 0.5) is 0 Å². The van der Waals surface area contributed by atoms with E-state index in [9.17, 15) is 0 Å². The van der Waals surface area contributed by atoms with E-state index in [0.29, 0.717) is 0 Å². The summed E-state index contributed by atoms with van der Waals surface area (Å²) in [4.78, 5) is 10.3. The second-order valence-electron chi connectivity index (χ2n) is 13.0. The number of aromatic nitrogens is 3. The van der Waals surface area contributed by atoms with Gasteiger partial charge in [0, 0.05) is 33.2 Å². The first kappa shape index (κ1) is 28.4. The Kier molecular flexibility index (Phi) is 6.56. The highest BCUT2D eigenvalue weighted by Gasteiger charge is 2.17. The summed E-state index contributed by atoms with van der Waals surface area (Å²) in [5, 5.41) is 5.09. The molecule has 50 heavy (non-hydrogen) atoms. The van der Waals surface area contributed by atoms with Crippen LogP contribution in [0.1, 0.15) is 11.1 Å². The van der Waals surface area contributed by atoms with Crippen LogP contribution in [0.25, 0.3) is 89.4 Å². The van der Waals surface area contributed by atoms with Crippen LogP contribution in [0.3, 0.4) is 0 Å². The molecule has 7 aromatic carbocycles. The van der Waals surface area contributed by atoms with Crippen LogP contribution in [0.15, 0.2) is 170 Å². The van der Waals surface area contributed by atoms with Crippen molar-refractivity contribution in [2.45, 2.75) is 6.42 Å². The maximum atomic E-state index is 5.15. The first-order chi connectivity index (χ1) is 24.8. The minimum absolute atomic E-state index is 0.725. The predicted molar refractivity (Wildman–Crippen MR) is 208 cm³/mol. The molecule has 3 nitrogen and oxygen atoms in total. The van der Waals surface area contributed by atoms with Gasteiger partial charge in [0.05, 0.1) is 22.4 Å². The van der Waals surface area contributed by atoms with E-state index in [2.05, 4.69) is 162 Å². The van der Waals surface area contributed by atoms with Gasteiger partial charge in [-0.2, -0.15) is 0 Å². The summed E-state index contributed by atoms with van der Waals surface area (Å²) in [5.41, 5.74) is 13.6. The fourth-order valence-corrected chi connectivity index (χ4v) is 7.64. The molecule has 234 valence electrons. The number of benzene rings is 7. The Morgan fingerprint density at radius 2 is 1.08 bits per heavy atom. The summed E-state index contributed by atoms with van der Waals surface area (Å²) in [6, 6.07) is 58.4. The minimum atomic E-state index is 0.725. The molecule has 0 radical (unpaired) electrons. The lowest BCUT2D eigenvalue weighted by atomic mass is 9.89. The zero-order valence-corrected chi connectivity index (χ0v) is 27.3. The van der Waals surface area contributed by atoms with Crippen LogP contribution in [0, 0.1) is 0 Å². The van der Waals surface area contributed by atoms with E-state index in [-0.39, 0.29) is 0 Å². The van der Waals surface area contributed by atoms with E-state index in [1.165, 1.54) is 49.3 Å². The second kappa shape index (κ2) is 11.5. The van der Waals surface area contributed by atoms with E-state index < -0.39 is 0 Å². The third kappa shape index (κ3) is 4.67. The Hall–Kier alpha value is -6.58. The summed E-state index contributed by atoms with van der Waals surface area (Å²) in [7, 11) is 0. The average Bonchev–Trinajstić information content (AvgIpc) is 3.53. The second-order valence-corrected chi connectivity index (χ2v) is 13.0. The highest BCUT2D eigenvalue weighted by Crippen LogP contribution is 2.38. The monoisotopic (exact) mass is 637 g/mol. The van der Waals surface area contributed by atoms with Gasteiger partial charge >= 0.3 is 0 Å². The van der Waals surface area contributed by atoms with E-state index in [0.717, 1.165) is 51.6 Å². The molecule has 0 atom stereocenters. The molecule has 0 N–H and O–H groups in total. The Morgan fingerprint density at radius 3 is 1.82 bits per heavy atom. The molecule has 0 amide bonds. The van der Waals surface area contributed by atoms with Gasteiger partial charge in [0.1, 0.15) is 0 Å².